The van der Waals surface area contributed by atoms with E-state index in [9.17, 15) is 4.79 Å². The Bertz CT molecular complexity index is 620. The first kappa shape index (κ1) is 13.3. The quantitative estimate of drug-likeness (QED) is 0.911. The lowest BCUT2D eigenvalue weighted by atomic mass is 10.0. The van der Waals surface area contributed by atoms with Crippen LogP contribution in [0.3, 0.4) is 0 Å². The molecular weight excluding hydrogens is 238 g/mol. The second kappa shape index (κ2) is 5.26. The van der Waals surface area contributed by atoms with Crippen LogP contribution in [0.1, 0.15) is 17.7 Å². The summed E-state index contributed by atoms with van der Waals surface area (Å²) >= 11 is 0. The predicted molar refractivity (Wildman–Crippen MR) is 78.3 cm³/mol. The number of nitrogens with zero attached hydrogens (tertiary/aromatic N) is 2. The summed E-state index contributed by atoms with van der Waals surface area (Å²) < 4.78 is 0. The monoisotopic (exact) mass is 257 g/mol. The van der Waals surface area contributed by atoms with Crippen LogP contribution < -0.4 is 10.6 Å². The molecule has 0 spiro atoms. The normalized spacial score (nSPS) is 10.7. The molecule has 0 aliphatic rings. The van der Waals surface area contributed by atoms with Crippen LogP contribution in [0.15, 0.2) is 24.3 Å². The average molecular weight is 257 g/mol. The highest BCUT2D eigenvalue weighted by Gasteiger charge is 2.10. The third-order valence-electron chi connectivity index (χ3n) is 3.15. The molecule has 0 unspecified atom stereocenters. The average Bonchev–Trinajstić information content (AvgIpc) is 2.35. The van der Waals surface area contributed by atoms with Gasteiger partial charge in [0.1, 0.15) is 0 Å². The van der Waals surface area contributed by atoms with Gasteiger partial charge in [-0.3, -0.25) is 9.78 Å². The predicted octanol–water partition coefficient (Wildman–Crippen LogP) is 2.03. The number of primary amides is 1. The van der Waals surface area contributed by atoms with Gasteiger partial charge in [-0.25, -0.2) is 0 Å². The first-order chi connectivity index (χ1) is 8.99. The van der Waals surface area contributed by atoms with Crippen molar-refractivity contribution in [3.05, 3.63) is 35.5 Å². The summed E-state index contributed by atoms with van der Waals surface area (Å²) in [5.74, 6) is -0.280. The number of fused-ring (bicyclic) bond motifs is 1. The Labute approximate surface area is 113 Å². The maximum atomic E-state index is 10.9. The Morgan fingerprint density at radius 1 is 1.37 bits per heavy atom. The molecule has 4 heteroatoms. The van der Waals surface area contributed by atoms with Crippen molar-refractivity contribution in [3.8, 4) is 0 Å². The second-order valence-electron chi connectivity index (χ2n) is 4.96. The van der Waals surface area contributed by atoms with Crippen molar-refractivity contribution in [2.24, 2.45) is 5.73 Å². The van der Waals surface area contributed by atoms with E-state index in [1.165, 1.54) is 0 Å². The van der Waals surface area contributed by atoms with Gasteiger partial charge in [0.2, 0.25) is 5.91 Å². The fourth-order valence-electron chi connectivity index (χ4n) is 2.24. The number of nitrogens with two attached hydrogens (primary N) is 1. The van der Waals surface area contributed by atoms with Crippen LogP contribution in [0.4, 0.5) is 5.69 Å². The molecule has 0 fully saturated rings. The summed E-state index contributed by atoms with van der Waals surface area (Å²) in [6, 6.07) is 8.14. The van der Waals surface area contributed by atoms with E-state index < -0.39 is 0 Å². The molecule has 1 amide bonds. The zero-order chi connectivity index (χ0) is 14.0. The van der Waals surface area contributed by atoms with E-state index >= 15 is 0 Å². The summed E-state index contributed by atoms with van der Waals surface area (Å²) in [6.07, 6.45) is 0.988. The minimum absolute atomic E-state index is 0.280. The summed E-state index contributed by atoms with van der Waals surface area (Å²) in [7, 11) is 4.04. The van der Waals surface area contributed by atoms with Gasteiger partial charge in [0, 0.05) is 37.3 Å². The van der Waals surface area contributed by atoms with Crippen LogP contribution >= 0.6 is 0 Å². The van der Waals surface area contributed by atoms with E-state index in [0.717, 1.165) is 27.8 Å². The lowest BCUT2D eigenvalue weighted by Crippen LogP contribution is -2.12. The number of hydrogen-bond acceptors (Lipinski definition) is 3. The number of carbonyl (C=O) groups is 1. The van der Waals surface area contributed by atoms with Crippen LogP contribution in [0.25, 0.3) is 10.9 Å². The number of aromatic nitrogens is 1. The molecule has 2 N–H and O–H groups in total. The molecule has 1 heterocycles. The number of carbonyl (C=O) groups excluding carboxylic acids is 1. The van der Waals surface area contributed by atoms with Crippen LogP contribution in [0.2, 0.25) is 0 Å². The van der Waals surface area contributed by atoms with Gasteiger partial charge in [-0.05, 0) is 25.0 Å². The van der Waals surface area contributed by atoms with E-state index in [1.54, 1.807) is 0 Å². The van der Waals surface area contributed by atoms with Crippen LogP contribution in [-0.2, 0) is 11.2 Å². The molecule has 1 aromatic heterocycles. The molecule has 0 saturated carbocycles. The number of anilines is 1. The fraction of sp³-hybridized carbons (Fsp3) is 0.333. The lowest BCUT2D eigenvalue weighted by molar-refractivity contribution is -0.117. The Morgan fingerprint density at radius 2 is 2.11 bits per heavy atom. The number of para-hydroxylation sites is 1. The van der Waals surface area contributed by atoms with Crippen molar-refractivity contribution in [2.75, 3.05) is 19.0 Å². The summed E-state index contributed by atoms with van der Waals surface area (Å²) in [5, 5.41) is 1.11. The number of pyridine rings is 1. The molecule has 0 atom stereocenters. The van der Waals surface area contributed by atoms with E-state index in [2.05, 4.69) is 22.0 Å². The van der Waals surface area contributed by atoms with E-state index in [1.807, 2.05) is 33.2 Å². The minimum Gasteiger partial charge on any atom is -0.377 e. The molecule has 19 heavy (non-hydrogen) atoms. The molecule has 2 rings (SSSR count). The van der Waals surface area contributed by atoms with Gasteiger partial charge in [-0.2, -0.15) is 0 Å². The van der Waals surface area contributed by atoms with Crippen LogP contribution in [0.5, 0.6) is 0 Å². The third-order valence-corrected chi connectivity index (χ3v) is 3.15. The number of benzene rings is 1. The SMILES string of the molecule is Cc1cc(N(C)C)c2cccc(CCC(N)=O)c2n1. The summed E-state index contributed by atoms with van der Waals surface area (Å²) in [5.41, 5.74) is 9.38. The topological polar surface area (TPSA) is 59.2 Å². The van der Waals surface area contributed by atoms with E-state index in [0.29, 0.717) is 12.8 Å². The van der Waals surface area contributed by atoms with Crippen LogP contribution in [0, 0.1) is 6.92 Å². The molecule has 0 bridgehead atoms. The molecule has 0 saturated heterocycles. The van der Waals surface area contributed by atoms with Gasteiger partial charge >= 0.3 is 0 Å². The van der Waals surface area contributed by atoms with Crippen molar-refractivity contribution < 1.29 is 4.79 Å². The molecule has 4 nitrogen and oxygen atoms in total. The number of hydrogen-bond donors (Lipinski definition) is 1. The van der Waals surface area contributed by atoms with Crippen molar-refractivity contribution in [3.63, 3.8) is 0 Å². The van der Waals surface area contributed by atoms with Crippen LogP contribution in [-0.4, -0.2) is 25.0 Å². The lowest BCUT2D eigenvalue weighted by Gasteiger charge is -2.17. The second-order valence-corrected chi connectivity index (χ2v) is 4.96. The molecule has 0 radical (unpaired) electrons. The smallest absolute Gasteiger partial charge is 0.217 e. The standard InChI is InChI=1S/C15H19N3O/c1-10-9-13(18(2)3)12-6-4-5-11(15(12)17-10)7-8-14(16)19/h4-6,9H,7-8H2,1-3H3,(H2,16,19). The maximum Gasteiger partial charge on any atom is 0.217 e. The number of rotatable bonds is 4. The Balaban J connectivity index is 2.58. The zero-order valence-electron chi connectivity index (χ0n) is 11.6. The van der Waals surface area contributed by atoms with Gasteiger partial charge in [0.25, 0.3) is 0 Å². The Kier molecular flexibility index (Phi) is 3.69. The first-order valence-corrected chi connectivity index (χ1v) is 6.34. The highest BCUT2D eigenvalue weighted by molar-refractivity contribution is 5.94. The fourth-order valence-corrected chi connectivity index (χ4v) is 2.24. The Hall–Kier alpha value is -2.10. The molecule has 0 aliphatic heterocycles. The molecule has 0 aliphatic carbocycles. The highest BCUT2D eigenvalue weighted by Crippen LogP contribution is 2.28. The van der Waals surface area contributed by atoms with Gasteiger partial charge in [-0.15, -0.1) is 0 Å². The minimum atomic E-state index is -0.280. The van der Waals surface area contributed by atoms with Crippen molar-refractivity contribution >= 4 is 22.5 Å². The van der Waals surface area contributed by atoms with Crippen molar-refractivity contribution in [1.82, 2.24) is 4.98 Å². The molecule has 2 aromatic rings. The number of aryl methyl sites for hydroxylation is 2. The number of amides is 1. The third kappa shape index (κ3) is 2.84. The van der Waals surface area contributed by atoms with E-state index in [4.69, 9.17) is 5.73 Å². The van der Waals surface area contributed by atoms with Crippen molar-refractivity contribution in [1.29, 1.82) is 0 Å². The summed E-state index contributed by atoms with van der Waals surface area (Å²) in [6.45, 7) is 1.98. The van der Waals surface area contributed by atoms with Gasteiger partial charge < -0.3 is 10.6 Å². The summed E-state index contributed by atoms with van der Waals surface area (Å²) in [4.78, 5) is 17.6. The largest absolute Gasteiger partial charge is 0.377 e. The molecular formula is C15H19N3O. The molecule has 1 aromatic carbocycles. The Morgan fingerprint density at radius 3 is 2.74 bits per heavy atom. The zero-order valence-corrected chi connectivity index (χ0v) is 11.6. The van der Waals surface area contributed by atoms with Gasteiger partial charge in [0.05, 0.1) is 5.52 Å². The van der Waals surface area contributed by atoms with Gasteiger partial charge in [-0.1, -0.05) is 18.2 Å². The maximum absolute atomic E-state index is 10.9. The van der Waals surface area contributed by atoms with Crippen molar-refractivity contribution in [2.45, 2.75) is 19.8 Å². The van der Waals surface area contributed by atoms with Gasteiger partial charge in [0.15, 0.2) is 0 Å². The molecule has 100 valence electrons. The first-order valence-electron chi connectivity index (χ1n) is 6.34. The highest BCUT2D eigenvalue weighted by atomic mass is 16.1. The van der Waals surface area contributed by atoms with E-state index in [-0.39, 0.29) is 5.91 Å².